The molecule has 7 heteroatoms. The molecule has 0 unspecified atom stereocenters. The van der Waals surface area contributed by atoms with Gasteiger partial charge < -0.3 is 20.1 Å². The van der Waals surface area contributed by atoms with E-state index in [2.05, 4.69) is 30.5 Å². The van der Waals surface area contributed by atoms with E-state index in [1.165, 1.54) is 29.2 Å². The Kier molecular flexibility index (Phi) is 7.07. The molecule has 0 saturated heterocycles. The second kappa shape index (κ2) is 9.75. The van der Waals surface area contributed by atoms with Gasteiger partial charge in [0.25, 0.3) is 5.56 Å². The molecule has 0 aliphatic carbocycles. The van der Waals surface area contributed by atoms with Crippen molar-refractivity contribution in [2.75, 3.05) is 32.5 Å². The second-order valence-electron chi connectivity index (χ2n) is 8.34. The Morgan fingerprint density at radius 1 is 1.13 bits per heavy atom. The Morgan fingerprint density at radius 3 is 2.52 bits per heavy atom. The number of carbonyl (C=O) groups is 1. The maximum atomic E-state index is 13.2. The van der Waals surface area contributed by atoms with Crippen LogP contribution < -0.4 is 15.8 Å². The lowest BCUT2D eigenvalue weighted by Gasteiger charge is -2.23. The molecular weight excluding hydrogens is 395 g/mol. The molecule has 3 N–H and O–H groups in total. The lowest BCUT2D eigenvalue weighted by atomic mass is 10.0. The fraction of sp³-hybridized carbons (Fsp3) is 0.333. The number of aromatic amines is 1. The number of benzene rings is 2. The van der Waals surface area contributed by atoms with Crippen molar-refractivity contribution in [3.05, 3.63) is 75.3 Å². The number of amides is 2. The number of hydrogen-bond acceptors (Lipinski definition) is 2. The molecule has 31 heavy (non-hydrogen) atoms. The molecule has 0 atom stereocenters. The van der Waals surface area contributed by atoms with Crippen molar-refractivity contribution in [3.63, 3.8) is 0 Å². The molecule has 3 aromatic rings. The van der Waals surface area contributed by atoms with Crippen LogP contribution in [0.4, 0.5) is 14.9 Å². The third kappa shape index (κ3) is 5.92. The number of rotatable bonds is 7. The number of fused-ring (bicyclic) bond motifs is 1. The van der Waals surface area contributed by atoms with Crippen molar-refractivity contribution in [1.82, 2.24) is 9.88 Å². The zero-order chi connectivity index (χ0) is 22.5. The fourth-order valence-electron chi connectivity index (χ4n) is 3.65. The first-order valence-corrected chi connectivity index (χ1v) is 10.5. The first-order valence-electron chi connectivity index (χ1n) is 10.5. The lowest BCUT2D eigenvalue weighted by Crippen LogP contribution is -3.05. The van der Waals surface area contributed by atoms with Crippen molar-refractivity contribution in [2.45, 2.75) is 26.8 Å². The minimum absolute atomic E-state index is 0.189. The monoisotopic (exact) mass is 425 g/mol. The largest absolute Gasteiger partial charge is 0.340 e. The number of quaternary nitrogens is 1. The van der Waals surface area contributed by atoms with Crippen LogP contribution in [0.1, 0.15) is 23.1 Å². The van der Waals surface area contributed by atoms with Gasteiger partial charge in [-0.15, -0.1) is 0 Å². The van der Waals surface area contributed by atoms with E-state index in [4.69, 9.17) is 0 Å². The van der Waals surface area contributed by atoms with E-state index in [0.717, 1.165) is 35.0 Å². The number of hydrogen-bond donors (Lipinski definition) is 3. The molecule has 2 aromatic carbocycles. The number of nitrogens with one attached hydrogen (secondary N) is 3. The summed E-state index contributed by atoms with van der Waals surface area (Å²) in [4.78, 5) is 31.6. The number of anilines is 1. The Labute approximate surface area is 181 Å². The van der Waals surface area contributed by atoms with Crippen molar-refractivity contribution in [2.24, 2.45) is 0 Å². The quantitative estimate of drug-likeness (QED) is 0.545. The fourth-order valence-corrected chi connectivity index (χ4v) is 3.65. The van der Waals surface area contributed by atoms with Gasteiger partial charge in [0.2, 0.25) is 0 Å². The standard InChI is InChI=1S/C24H29FN4O2/c1-16-12-17(2)21-14-18(23(30)27-22(21)13-16)15-29(11-5-10-28(3)4)24(31)26-20-8-6-19(25)7-9-20/h6-9,12-14H,5,10-11,15H2,1-4H3,(H,26,31)(H,27,30)/p+1. The highest BCUT2D eigenvalue weighted by molar-refractivity contribution is 5.89. The van der Waals surface area contributed by atoms with Gasteiger partial charge in [-0.2, -0.15) is 0 Å². The maximum Gasteiger partial charge on any atom is 0.322 e. The van der Waals surface area contributed by atoms with Gasteiger partial charge in [-0.3, -0.25) is 4.79 Å². The van der Waals surface area contributed by atoms with Gasteiger partial charge in [0.15, 0.2) is 0 Å². The van der Waals surface area contributed by atoms with Gasteiger partial charge in [0.05, 0.1) is 27.2 Å². The van der Waals surface area contributed by atoms with E-state index >= 15 is 0 Å². The minimum atomic E-state index is -0.364. The van der Waals surface area contributed by atoms with Gasteiger partial charge in [-0.25, -0.2) is 9.18 Å². The number of H-pyrrole nitrogens is 1. The van der Waals surface area contributed by atoms with E-state index in [-0.39, 0.29) is 24.0 Å². The van der Waals surface area contributed by atoms with Crippen LogP contribution in [0, 0.1) is 19.7 Å². The van der Waals surface area contributed by atoms with Gasteiger partial charge in [0, 0.05) is 35.1 Å². The van der Waals surface area contributed by atoms with Crippen molar-refractivity contribution >= 4 is 22.6 Å². The van der Waals surface area contributed by atoms with E-state index in [9.17, 15) is 14.0 Å². The van der Waals surface area contributed by atoms with Crippen LogP contribution >= 0.6 is 0 Å². The summed E-state index contributed by atoms with van der Waals surface area (Å²) in [5, 5.41) is 3.77. The summed E-state index contributed by atoms with van der Waals surface area (Å²) in [6.45, 7) is 5.59. The number of urea groups is 1. The lowest BCUT2D eigenvalue weighted by molar-refractivity contribution is -0.858. The van der Waals surface area contributed by atoms with E-state index < -0.39 is 0 Å². The Hall–Kier alpha value is -3.19. The molecule has 0 aliphatic rings. The summed E-state index contributed by atoms with van der Waals surface area (Å²) in [5.41, 5.74) is 3.80. The van der Waals surface area contributed by atoms with Gasteiger partial charge >= 0.3 is 6.03 Å². The third-order valence-electron chi connectivity index (χ3n) is 5.24. The van der Waals surface area contributed by atoms with Crippen molar-refractivity contribution in [1.29, 1.82) is 0 Å². The predicted octanol–water partition coefficient (Wildman–Crippen LogP) is 2.85. The normalized spacial score (nSPS) is 11.2. The van der Waals surface area contributed by atoms with Crippen LogP contribution in [0.5, 0.6) is 0 Å². The summed E-state index contributed by atoms with van der Waals surface area (Å²) < 4.78 is 13.2. The topological polar surface area (TPSA) is 69.6 Å². The summed E-state index contributed by atoms with van der Waals surface area (Å²) in [5.74, 6) is -0.364. The molecule has 1 aromatic heterocycles. The van der Waals surface area contributed by atoms with Gasteiger partial charge in [-0.1, -0.05) is 6.07 Å². The summed E-state index contributed by atoms with van der Waals surface area (Å²) in [6.07, 6.45) is 0.795. The van der Waals surface area contributed by atoms with Crippen LogP contribution in [-0.2, 0) is 6.54 Å². The van der Waals surface area contributed by atoms with E-state index in [0.29, 0.717) is 17.8 Å². The van der Waals surface area contributed by atoms with Crippen molar-refractivity contribution in [3.8, 4) is 0 Å². The second-order valence-corrected chi connectivity index (χ2v) is 8.34. The molecule has 1 heterocycles. The highest BCUT2D eigenvalue weighted by atomic mass is 19.1. The molecule has 0 radical (unpaired) electrons. The molecule has 164 valence electrons. The third-order valence-corrected chi connectivity index (χ3v) is 5.24. The maximum absolute atomic E-state index is 13.2. The van der Waals surface area contributed by atoms with Crippen LogP contribution in [0.2, 0.25) is 0 Å². The number of aromatic nitrogens is 1. The first kappa shape index (κ1) is 22.5. The zero-order valence-electron chi connectivity index (χ0n) is 18.5. The SMILES string of the molecule is Cc1cc(C)c2cc(CN(CCC[NH+](C)C)C(=O)Nc3ccc(F)cc3)c(=O)[nH]c2c1. The molecule has 2 amide bonds. The van der Waals surface area contributed by atoms with Crippen molar-refractivity contribution < 1.29 is 14.1 Å². The molecule has 0 spiro atoms. The highest BCUT2D eigenvalue weighted by Gasteiger charge is 2.17. The van der Waals surface area contributed by atoms with Gasteiger partial charge in [-0.05, 0) is 61.4 Å². The minimum Gasteiger partial charge on any atom is -0.340 e. The number of nitrogens with zero attached hydrogens (tertiary/aromatic N) is 1. The van der Waals surface area contributed by atoms with Crippen LogP contribution in [-0.4, -0.2) is 43.1 Å². The average Bonchev–Trinajstić information content (AvgIpc) is 2.69. The summed E-state index contributed by atoms with van der Waals surface area (Å²) in [7, 11) is 4.11. The number of pyridine rings is 1. The van der Waals surface area contributed by atoms with E-state index in [1.807, 2.05) is 26.0 Å². The molecule has 0 bridgehead atoms. The number of aryl methyl sites for hydroxylation is 2. The Bertz CT molecular complexity index is 1120. The molecule has 0 saturated carbocycles. The highest BCUT2D eigenvalue weighted by Crippen LogP contribution is 2.19. The predicted molar refractivity (Wildman–Crippen MR) is 122 cm³/mol. The first-order chi connectivity index (χ1) is 14.7. The van der Waals surface area contributed by atoms with Crippen LogP contribution in [0.25, 0.3) is 10.9 Å². The molecular formula is C24H30FN4O2+. The smallest absolute Gasteiger partial charge is 0.322 e. The molecule has 3 rings (SSSR count). The molecule has 0 fully saturated rings. The zero-order valence-corrected chi connectivity index (χ0v) is 18.5. The summed E-state index contributed by atoms with van der Waals surface area (Å²) >= 11 is 0. The van der Waals surface area contributed by atoms with Gasteiger partial charge in [0.1, 0.15) is 5.82 Å². The van der Waals surface area contributed by atoms with Crippen LogP contribution in [0.15, 0.2) is 47.3 Å². The number of halogens is 1. The Morgan fingerprint density at radius 2 is 1.84 bits per heavy atom. The van der Waals surface area contributed by atoms with E-state index in [1.54, 1.807) is 4.90 Å². The molecule has 0 aliphatic heterocycles. The summed E-state index contributed by atoms with van der Waals surface area (Å²) in [6, 6.07) is 11.2. The number of carbonyl (C=O) groups excluding carboxylic acids is 1. The Balaban J connectivity index is 1.86. The average molecular weight is 426 g/mol. The van der Waals surface area contributed by atoms with Crippen LogP contribution in [0.3, 0.4) is 0 Å². The molecule has 6 nitrogen and oxygen atoms in total.